The fourth-order valence-electron chi connectivity index (χ4n) is 2.04. The van der Waals surface area contributed by atoms with E-state index in [-0.39, 0.29) is 11.9 Å². The molecule has 0 amide bonds. The van der Waals surface area contributed by atoms with Gasteiger partial charge in [-0.05, 0) is 50.1 Å². The predicted octanol–water partition coefficient (Wildman–Crippen LogP) is 2.65. The number of aryl methyl sites for hydroxylation is 1. The topological polar surface area (TPSA) is 21.3 Å². The highest BCUT2D eigenvalue weighted by Gasteiger charge is 2.30. The van der Waals surface area contributed by atoms with Gasteiger partial charge >= 0.3 is 0 Å². The highest BCUT2D eigenvalue weighted by atomic mass is 19.1. The van der Waals surface area contributed by atoms with E-state index in [9.17, 15) is 4.39 Å². The number of halogens is 1. The van der Waals surface area contributed by atoms with Crippen molar-refractivity contribution >= 4 is 0 Å². The zero-order chi connectivity index (χ0) is 11.5. The number of ether oxygens (including phenoxy) is 1. The molecule has 1 aliphatic rings. The maximum atomic E-state index is 12.9. The first-order chi connectivity index (χ1) is 7.69. The number of hydrogen-bond donors (Lipinski definition) is 1. The first-order valence-corrected chi connectivity index (χ1v) is 5.85. The first-order valence-electron chi connectivity index (χ1n) is 5.85. The van der Waals surface area contributed by atoms with Gasteiger partial charge in [-0.15, -0.1) is 0 Å². The Kier molecular flexibility index (Phi) is 3.44. The van der Waals surface area contributed by atoms with Gasteiger partial charge in [-0.25, -0.2) is 4.39 Å². The van der Waals surface area contributed by atoms with E-state index in [4.69, 9.17) is 4.74 Å². The molecule has 1 saturated carbocycles. The Bertz CT molecular complexity index is 361. The van der Waals surface area contributed by atoms with Crippen molar-refractivity contribution in [3.8, 4) is 5.75 Å². The van der Waals surface area contributed by atoms with Crippen molar-refractivity contribution in [1.82, 2.24) is 5.32 Å². The summed E-state index contributed by atoms with van der Waals surface area (Å²) < 4.78 is 18.7. The van der Waals surface area contributed by atoms with Crippen molar-refractivity contribution in [2.75, 3.05) is 6.54 Å². The lowest BCUT2D eigenvalue weighted by Crippen LogP contribution is -2.46. The Morgan fingerprint density at radius 1 is 1.44 bits per heavy atom. The summed E-state index contributed by atoms with van der Waals surface area (Å²) in [5.41, 5.74) is 0.868. The molecule has 0 heterocycles. The number of nitrogens with one attached hydrogen (secondary N) is 1. The van der Waals surface area contributed by atoms with Crippen molar-refractivity contribution in [2.24, 2.45) is 0 Å². The minimum atomic E-state index is -0.205. The van der Waals surface area contributed by atoms with E-state index in [2.05, 4.69) is 12.2 Å². The van der Waals surface area contributed by atoms with E-state index in [0.717, 1.165) is 30.7 Å². The molecule has 3 heteroatoms. The summed E-state index contributed by atoms with van der Waals surface area (Å²) in [5, 5.41) is 3.38. The van der Waals surface area contributed by atoms with Crippen molar-refractivity contribution in [3.05, 3.63) is 29.6 Å². The molecule has 0 bridgehead atoms. The Balaban J connectivity index is 1.87. The van der Waals surface area contributed by atoms with Crippen LogP contribution in [-0.4, -0.2) is 18.7 Å². The summed E-state index contributed by atoms with van der Waals surface area (Å²) in [6.07, 6.45) is 2.38. The summed E-state index contributed by atoms with van der Waals surface area (Å²) in [6.45, 7) is 4.99. The van der Waals surface area contributed by atoms with Crippen molar-refractivity contribution in [3.63, 3.8) is 0 Å². The Hall–Kier alpha value is -1.09. The van der Waals surface area contributed by atoms with Gasteiger partial charge in [-0.2, -0.15) is 0 Å². The lowest BCUT2D eigenvalue weighted by Gasteiger charge is -2.36. The molecule has 0 aliphatic heterocycles. The smallest absolute Gasteiger partial charge is 0.123 e. The molecule has 0 spiro atoms. The molecule has 2 nitrogen and oxygen atoms in total. The number of hydrogen-bond acceptors (Lipinski definition) is 2. The van der Waals surface area contributed by atoms with Gasteiger partial charge in [0.25, 0.3) is 0 Å². The Morgan fingerprint density at radius 2 is 2.19 bits per heavy atom. The van der Waals surface area contributed by atoms with Gasteiger partial charge in [0, 0.05) is 6.04 Å². The second-order valence-corrected chi connectivity index (χ2v) is 4.38. The molecule has 0 unspecified atom stereocenters. The van der Waals surface area contributed by atoms with E-state index in [1.807, 2.05) is 6.92 Å². The maximum absolute atomic E-state index is 12.9. The third kappa shape index (κ3) is 2.53. The molecule has 1 aliphatic carbocycles. The van der Waals surface area contributed by atoms with Crippen LogP contribution in [0.1, 0.15) is 25.3 Å². The average Bonchev–Trinajstić information content (AvgIpc) is 2.18. The first kappa shape index (κ1) is 11.4. The van der Waals surface area contributed by atoms with Crippen LogP contribution in [0, 0.1) is 12.7 Å². The van der Waals surface area contributed by atoms with Gasteiger partial charge < -0.3 is 10.1 Å². The largest absolute Gasteiger partial charge is 0.490 e. The maximum Gasteiger partial charge on any atom is 0.123 e. The highest BCUT2D eigenvalue weighted by Crippen LogP contribution is 2.28. The molecule has 16 heavy (non-hydrogen) atoms. The third-order valence-electron chi connectivity index (χ3n) is 3.02. The molecule has 1 fully saturated rings. The van der Waals surface area contributed by atoms with Crippen molar-refractivity contribution in [2.45, 2.75) is 38.8 Å². The van der Waals surface area contributed by atoms with E-state index in [0.29, 0.717) is 6.04 Å². The quantitative estimate of drug-likeness (QED) is 0.847. The molecular weight excluding hydrogens is 205 g/mol. The van der Waals surface area contributed by atoms with Gasteiger partial charge in [0.1, 0.15) is 17.7 Å². The Morgan fingerprint density at radius 3 is 2.81 bits per heavy atom. The number of rotatable bonds is 4. The van der Waals surface area contributed by atoms with Gasteiger partial charge in [0.15, 0.2) is 0 Å². The molecule has 1 aromatic rings. The van der Waals surface area contributed by atoms with Crippen LogP contribution in [0.15, 0.2) is 18.2 Å². The molecule has 1 aromatic carbocycles. The molecule has 0 saturated heterocycles. The summed E-state index contributed by atoms with van der Waals surface area (Å²) in [4.78, 5) is 0. The normalized spacial score (nSPS) is 23.9. The van der Waals surface area contributed by atoms with Gasteiger partial charge in [0.05, 0.1) is 0 Å². The van der Waals surface area contributed by atoms with Crippen LogP contribution in [0.3, 0.4) is 0 Å². The molecule has 1 N–H and O–H groups in total. The summed E-state index contributed by atoms with van der Waals surface area (Å²) in [5.74, 6) is 0.602. The van der Waals surface area contributed by atoms with Gasteiger partial charge in [-0.1, -0.05) is 6.92 Å². The van der Waals surface area contributed by atoms with Crippen LogP contribution in [0.4, 0.5) is 4.39 Å². The zero-order valence-electron chi connectivity index (χ0n) is 9.79. The van der Waals surface area contributed by atoms with Crippen LogP contribution in [0.25, 0.3) is 0 Å². The standard InChI is InChI=1S/C13H18FNO/c1-3-15-11-7-12(8-11)16-13-5-4-10(14)6-9(13)2/h4-6,11-12,15H,3,7-8H2,1-2H3. The van der Waals surface area contributed by atoms with E-state index in [1.54, 1.807) is 6.07 Å². The van der Waals surface area contributed by atoms with Crippen LogP contribution < -0.4 is 10.1 Å². The van der Waals surface area contributed by atoms with Crippen molar-refractivity contribution < 1.29 is 9.13 Å². The second-order valence-electron chi connectivity index (χ2n) is 4.38. The van der Waals surface area contributed by atoms with Crippen molar-refractivity contribution in [1.29, 1.82) is 0 Å². The lowest BCUT2D eigenvalue weighted by atomic mass is 9.89. The molecule has 2 rings (SSSR count). The highest BCUT2D eigenvalue weighted by molar-refractivity contribution is 5.33. The van der Waals surface area contributed by atoms with E-state index < -0.39 is 0 Å². The molecule has 88 valence electrons. The summed E-state index contributed by atoms with van der Waals surface area (Å²) >= 11 is 0. The second kappa shape index (κ2) is 4.83. The lowest BCUT2D eigenvalue weighted by molar-refractivity contribution is 0.0852. The molecule has 0 radical (unpaired) electrons. The fourth-order valence-corrected chi connectivity index (χ4v) is 2.04. The molecule has 0 atom stereocenters. The molecular formula is C13H18FNO. The SMILES string of the molecule is CCNC1CC(Oc2ccc(F)cc2C)C1. The van der Waals surface area contributed by atoms with E-state index >= 15 is 0 Å². The number of benzene rings is 1. The van der Waals surface area contributed by atoms with Crippen LogP contribution in [0.5, 0.6) is 5.75 Å². The Labute approximate surface area is 95.8 Å². The fraction of sp³-hybridized carbons (Fsp3) is 0.538. The van der Waals surface area contributed by atoms with Gasteiger partial charge in [-0.3, -0.25) is 0 Å². The summed E-state index contributed by atoms with van der Waals surface area (Å²) in [6, 6.07) is 5.26. The van der Waals surface area contributed by atoms with Gasteiger partial charge in [0.2, 0.25) is 0 Å². The average molecular weight is 223 g/mol. The van der Waals surface area contributed by atoms with Crippen LogP contribution in [-0.2, 0) is 0 Å². The minimum absolute atomic E-state index is 0.205. The monoisotopic (exact) mass is 223 g/mol. The van der Waals surface area contributed by atoms with E-state index in [1.165, 1.54) is 12.1 Å². The minimum Gasteiger partial charge on any atom is -0.490 e. The predicted molar refractivity (Wildman–Crippen MR) is 62.3 cm³/mol. The van der Waals surface area contributed by atoms with Crippen LogP contribution in [0.2, 0.25) is 0 Å². The third-order valence-corrected chi connectivity index (χ3v) is 3.02. The van der Waals surface area contributed by atoms with Crippen LogP contribution >= 0.6 is 0 Å². The molecule has 0 aromatic heterocycles. The summed E-state index contributed by atoms with van der Waals surface area (Å²) in [7, 11) is 0. The zero-order valence-corrected chi connectivity index (χ0v) is 9.79.